The quantitative estimate of drug-likeness (QED) is 0.728. The summed E-state index contributed by atoms with van der Waals surface area (Å²) in [5.74, 6) is 0.779. The molecule has 0 fully saturated rings. The fourth-order valence-corrected chi connectivity index (χ4v) is 2.72. The SMILES string of the molecule is CC(=O)C(CCCl)Cc1ccc(Cl)s1. The largest absolute Gasteiger partial charge is 0.300 e. The summed E-state index contributed by atoms with van der Waals surface area (Å²) in [4.78, 5) is 12.4. The van der Waals surface area contributed by atoms with Crippen LogP contribution in [0.3, 0.4) is 0 Å². The second kappa shape index (κ2) is 5.74. The van der Waals surface area contributed by atoms with Gasteiger partial charge in [-0.15, -0.1) is 22.9 Å². The molecule has 1 heterocycles. The van der Waals surface area contributed by atoms with E-state index in [0.717, 1.165) is 22.1 Å². The van der Waals surface area contributed by atoms with E-state index in [2.05, 4.69) is 0 Å². The van der Waals surface area contributed by atoms with Gasteiger partial charge in [-0.2, -0.15) is 0 Å². The van der Waals surface area contributed by atoms with E-state index < -0.39 is 0 Å². The normalized spacial score (nSPS) is 12.8. The van der Waals surface area contributed by atoms with Gasteiger partial charge in [0.15, 0.2) is 0 Å². The first-order valence-electron chi connectivity index (χ1n) is 4.44. The number of Topliss-reactive ketones (excluding diaryl/α,β-unsaturated/α-hetero) is 1. The van der Waals surface area contributed by atoms with Crippen LogP contribution in [0.4, 0.5) is 0 Å². The molecule has 1 rings (SSSR count). The lowest BCUT2D eigenvalue weighted by molar-refractivity contribution is -0.120. The van der Waals surface area contributed by atoms with Crippen molar-refractivity contribution in [2.75, 3.05) is 5.88 Å². The van der Waals surface area contributed by atoms with Gasteiger partial charge >= 0.3 is 0 Å². The lowest BCUT2D eigenvalue weighted by Gasteiger charge is -2.09. The van der Waals surface area contributed by atoms with Crippen LogP contribution in [-0.4, -0.2) is 11.7 Å². The predicted molar refractivity (Wildman–Crippen MR) is 62.5 cm³/mol. The van der Waals surface area contributed by atoms with Gasteiger partial charge in [-0.3, -0.25) is 4.79 Å². The average molecular weight is 251 g/mol. The molecule has 0 aliphatic carbocycles. The van der Waals surface area contributed by atoms with Crippen LogP contribution in [0.1, 0.15) is 18.2 Å². The van der Waals surface area contributed by atoms with Gasteiger partial charge in [-0.05, 0) is 31.9 Å². The van der Waals surface area contributed by atoms with Crippen LogP contribution in [0.25, 0.3) is 0 Å². The standard InChI is InChI=1S/C10H12Cl2OS/c1-7(13)8(4-5-11)6-9-2-3-10(12)14-9/h2-3,8H,4-6H2,1H3. The lowest BCUT2D eigenvalue weighted by atomic mass is 9.97. The molecule has 0 aliphatic rings. The molecule has 0 saturated carbocycles. The maximum atomic E-state index is 11.3. The molecule has 1 aromatic rings. The lowest BCUT2D eigenvalue weighted by Crippen LogP contribution is -2.13. The molecule has 1 aromatic heterocycles. The summed E-state index contributed by atoms with van der Waals surface area (Å²) < 4.78 is 0.771. The summed E-state index contributed by atoms with van der Waals surface area (Å²) in [5.41, 5.74) is 0. The van der Waals surface area contributed by atoms with Gasteiger partial charge < -0.3 is 0 Å². The third-order valence-corrected chi connectivity index (χ3v) is 3.58. The zero-order valence-corrected chi connectivity index (χ0v) is 10.3. The van der Waals surface area contributed by atoms with Crippen LogP contribution in [-0.2, 0) is 11.2 Å². The van der Waals surface area contributed by atoms with Crippen molar-refractivity contribution < 1.29 is 4.79 Å². The van der Waals surface area contributed by atoms with Crippen molar-refractivity contribution in [2.45, 2.75) is 19.8 Å². The van der Waals surface area contributed by atoms with E-state index in [1.165, 1.54) is 11.3 Å². The molecular weight excluding hydrogens is 239 g/mol. The molecular formula is C10H12Cl2OS. The highest BCUT2D eigenvalue weighted by Crippen LogP contribution is 2.25. The first-order valence-corrected chi connectivity index (χ1v) is 6.17. The minimum absolute atomic E-state index is 0.0437. The highest BCUT2D eigenvalue weighted by Gasteiger charge is 2.15. The van der Waals surface area contributed by atoms with Gasteiger partial charge in [-0.25, -0.2) is 0 Å². The highest BCUT2D eigenvalue weighted by molar-refractivity contribution is 7.16. The van der Waals surface area contributed by atoms with Gasteiger partial charge in [0.25, 0.3) is 0 Å². The summed E-state index contributed by atoms with van der Waals surface area (Å²) in [6.45, 7) is 1.62. The number of carbonyl (C=O) groups is 1. The molecule has 1 unspecified atom stereocenters. The smallest absolute Gasteiger partial charge is 0.133 e. The van der Waals surface area contributed by atoms with Crippen LogP contribution < -0.4 is 0 Å². The molecule has 1 nitrogen and oxygen atoms in total. The molecule has 4 heteroatoms. The summed E-state index contributed by atoms with van der Waals surface area (Å²) in [7, 11) is 0. The fraction of sp³-hybridized carbons (Fsp3) is 0.500. The maximum absolute atomic E-state index is 11.3. The van der Waals surface area contributed by atoms with Crippen LogP contribution in [0.5, 0.6) is 0 Å². The Labute approximate surface area is 98.0 Å². The number of carbonyl (C=O) groups excluding carboxylic acids is 1. The van der Waals surface area contributed by atoms with Crippen molar-refractivity contribution in [2.24, 2.45) is 5.92 Å². The number of thiophene rings is 1. The van der Waals surface area contributed by atoms with E-state index in [4.69, 9.17) is 23.2 Å². The van der Waals surface area contributed by atoms with Crippen molar-refractivity contribution in [3.8, 4) is 0 Å². The first-order chi connectivity index (χ1) is 6.63. The highest BCUT2D eigenvalue weighted by atomic mass is 35.5. The Morgan fingerprint density at radius 3 is 2.71 bits per heavy atom. The van der Waals surface area contributed by atoms with E-state index in [1.807, 2.05) is 12.1 Å². The molecule has 1 atom stereocenters. The average Bonchev–Trinajstić information content (AvgIpc) is 2.50. The van der Waals surface area contributed by atoms with Gasteiger partial charge in [0.2, 0.25) is 0 Å². The Hall–Kier alpha value is -0.0500. The van der Waals surface area contributed by atoms with Crippen molar-refractivity contribution in [1.82, 2.24) is 0 Å². The Kier molecular flexibility index (Phi) is 4.93. The molecule has 0 aromatic carbocycles. The van der Waals surface area contributed by atoms with Gasteiger partial charge in [0.05, 0.1) is 4.34 Å². The minimum atomic E-state index is 0.0437. The number of ketones is 1. The van der Waals surface area contributed by atoms with E-state index in [1.54, 1.807) is 6.92 Å². The van der Waals surface area contributed by atoms with Crippen molar-refractivity contribution >= 4 is 40.3 Å². The predicted octanol–water partition coefficient (Wildman–Crippen LogP) is 3.78. The summed E-state index contributed by atoms with van der Waals surface area (Å²) in [6.07, 6.45) is 1.51. The van der Waals surface area contributed by atoms with Crippen molar-refractivity contribution in [1.29, 1.82) is 0 Å². The topological polar surface area (TPSA) is 17.1 Å². The Morgan fingerprint density at radius 1 is 1.57 bits per heavy atom. The number of hydrogen-bond donors (Lipinski definition) is 0. The van der Waals surface area contributed by atoms with E-state index in [0.29, 0.717) is 5.88 Å². The van der Waals surface area contributed by atoms with Crippen molar-refractivity contribution in [3.63, 3.8) is 0 Å². The molecule has 0 N–H and O–H groups in total. The molecule has 0 spiro atoms. The minimum Gasteiger partial charge on any atom is -0.300 e. The summed E-state index contributed by atoms with van der Waals surface area (Å²) >= 11 is 13.0. The Balaban J connectivity index is 2.59. The van der Waals surface area contributed by atoms with Gasteiger partial charge in [-0.1, -0.05) is 11.6 Å². The van der Waals surface area contributed by atoms with E-state index in [-0.39, 0.29) is 11.7 Å². The van der Waals surface area contributed by atoms with E-state index in [9.17, 15) is 4.79 Å². The molecule has 0 aliphatic heterocycles. The number of alkyl halides is 1. The van der Waals surface area contributed by atoms with Gasteiger partial charge in [0, 0.05) is 16.7 Å². The molecule has 0 amide bonds. The zero-order valence-electron chi connectivity index (χ0n) is 7.93. The van der Waals surface area contributed by atoms with Crippen LogP contribution in [0.2, 0.25) is 4.34 Å². The Morgan fingerprint density at radius 2 is 2.29 bits per heavy atom. The fourth-order valence-electron chi connectivity index (χ4n) is 1.29. The first kappa shape index (κ1) is 12.0. The number of rotatable bonds is 5. The second-order valence-corrected chi connectivity index (χ2v) is 5.37. The molecule has 0 saturated heterocycles. The molecule has 14 heavy (non-hydrogen) atoms. The molecule has 0 bridgehead atoms. The van der Waals surface area contributed by atoms with Gasteiger partial charge in [0.1, 0.15) is 5.78 Å². The maximum Gasteiger partial charge on any atom is 0.133 e. The molecule has 78 valence electrons. The van der Waals surface area contributed by atoms with Crippen molar-refractivity contribution in [3.05, 3.63) is 21.3 Å². The monoisotopic (exact) mass is 250 g/mol. The Bertz CT molecular complexity index is 309. The zero-order chi connectivity index (χ0) is 10.6. The van der Waals surface area contributed by atoms with Crippen LogP contribution in [0.15, 0.2) is 12.1 Å². The van der Waals surface area contributed by atoms with Crippen LogP contribution >= 0.6 is 34.5 Å². The second-order valence-electron chi connectivity index (χ2n) is 3.20. The number of hydrogen-bond acceptors (Lipinski definition) is 2. The third-order valence-electron chi connectivity index (χ3n) is 2.11. The summed E-state index contributed by atoms with van der Waals surface area (Å²) in [6, 6.07) is 3.83. The molecule has 0 radical (unpaired) electrons. The van der Waals surface area contributed by atoms with Crippen LogP contribution in [0, 0.1) is 5.92 Å². The van der Waals surface area contributed by atoms with E-state index >= 15 is 0 Å². The number of halogens is 2. The summed E-state index contributed by atoms with van der Waals surface area (Å²) in [5, 5.41) is 0. The third kappa shape index (κ3) is 3.60.